The fourth-order valence-corrected chi connectivity index (χ4v) is 2.87. The fraction of sp³-hybridized carbons (Fsp3) is 0.462. The predicted octanol–water partition coefficient (Wildman–Crippen LogP) is 2.37. The topological polar surface area (TPSA) is 44.8 Å². The molecule has 0 N–H and O–H groups in total. The SMILES string of the molecule is O=C1COCCc2c(Br)cc3c(c21)OCCCO3. The lowest BCUT2D eigenvalue weighted by Gasteiger charge is -2.15. The number of benzene rings is 1. The lowest BCUT2D eigenvalue weighted by atomic mass is 10.0. The number of carbonyl (C=O) groups is 1. The van der Waals surface area contributed by atoms with Crippen LogP contribution >= 0.6 is 15.9 Å². The van der Waals surface area contributed by atoms with Gasteiger partial charge in [-0.05, 0) is 18.1 Å². The molecule has 0 aromatic heterocycles. The molecule has 0 saturated carbocycles. The number of fused-ring (bicyclic) bond motifs is 3. The lowest BCUT2D eigenvalue weighted by molar-refractivity contribution is 0.0785. The summed E-state index contributed by atoms with van der Waals surface area (Å²) < 4.78 is 17.5. The Hall–Kier alpha value is -1.07. The molecule has 0 fully saturated rings. The van der Waals surface area contributed by atoms with Crippen molar-refractivity contribution < 1.29 is 19.0 Å². The number of hydrogen-bond donors (Lipinski definition) is 0. The number of carbonyl (C=O) groups excluding carboxylic acids is 1. The van der Waals surface area contributed by atoms with Crippen LogP contribution in [0.4, 0.5) is 0 Å². The van der Waals surface area contributed by atoms with Gasteiger partial charge in [-0.1, -0.05) is 15.9 Å². The number of hydrogen-bond acceptors (Lipinski definition) is 4. The van der Waals surface area contributed by atoms with Crippen LogP contribution in [0.1, 0.15) is 22.3 Å². The molecule has 3 rings (SSSR count). The summed E-state index contributed by atoms with van der Waals surface area (Å²) in [7, 11) is 0. The molecule has 0 spiro atoms. The summed E-state index contributed by atoms with van der Waals surface area (Å²) in [6.45, 7) is 1.86. The van der Waals surface area contributed by atoms with Crippen LogP contribution in [0.3, 0.4) is 0 Å². The summed E-state index contributed by atoms with van der Waals surface area (Å²) >= 11 is 3.51. The summed E-state index contributed by atoms with van der Waals surface area (Å²) in [5, 5.41) is 0. The number of halogens is 1. The zero-order valence-corrected chi connectivity index (χ0v) is 11.4. The van der Waals surface area contributed by atoms with E-state index in [-0.39, 0.29) is 12.4 Å². The Morgan fingerprint density at radius 2 is 2.00 bits per heavy atom. The Labute approximate surface area is 113 Å². The molecule has 4 nitrogen and oxygen atoms in total. The van der Waals surface area contributed by atoms with Crippen molar-refractivity contribution in [2.45, 2.75) is 12.8 Å². The van der Waals surface area contributed by atoms with E-state index in [9.17, 15) is 4.79 Å². The molecular formula is C13H13BrO4. The first-order valence-electron chi connectivity index (χ1n) is 5.99. The maximum atomic E-state index is 12.2. The van der Waals surface area contributed by atoms with E-state index in [1.165, 1.54) is 0 Å². The maximum absolute atomic E-state index is 12.2. The standard InChI is InChI=1S/C13H13BrO4/c14-9-6-11-13(18-4-1-3-17-11)12-8(9)2-5-16-7-10(12)15/h6H,1-5,7H2. The lowest BCUT2D eigenvalue weighted by Crippen LogP contribution is -2.10. The minimum absolute atomic E-state index is 0.0365. The third-order valence-corrected chi connectivity index (χ3v) is 3.81. The molecular weight excluding hydrogens is 300 g/mol. The molecule has 0 atom stereocenters. The van der Waals surface area contributed by atoms with Crippen LogP contribution in [0.5, 0.6) is 11.5 Å². The predicted molar refractivity (Wildman–Crippen MR) is 68.6 cm³/mol. The van der Waals surface area contributed by atoms with Gasteiger partial charge < -0.3 is 14.2 Å². The van der Waals surface area contributed by atoms with Gasteiger partial charge in [-0.3, -0.25) is 4.79 Å². The van der Waals surface area contributed by atoms with Gasteiger partial charge in [-0.2, -0.15) is 0 Å². The Kier molecular flexibility index (Phi) is 3.26. The Morgan fingerprint density at radius 3 is 2.89 bits per heavy atom. The summed E-state index contributed by atoms with van der Waals surface area (Å²) in [4.78, 5) is 12.2. The molecule has 0 unspecified atom stereocenters. The van der Waals surface area contributed by atoms with E-state index < -0.39 is 0 Å². The molecule has 0 radical (unpaired) electrons. The average molecular weight is 313 g/mol. The number of ether oxygens (including phenoxy) is 3. The summed E-state index contributed by atoms with van der Waals surface area (Å²) in [5.74, 6) is 1.19. The monoisotopic (exact) mass is 312 g/mol. The second kappa shape index (κ2) is 4.90. The molecule has 0 aliphatic carbocycles. The molecule has 0 amide bonds. The van der Waals surface area contributed by atoms with Gasteiger partial charge in [0.2, 0.25) is 0 Å². The van der Waals surface area contributed by atoms with E-state index in [0.717, 1.165) is 16.5 Å². The number of Topliss-reactive ketones (excluding diaryl/α,β-unsaturated/α-hetero) is 1. The highest BCUT2D eigenvalue weighted by Gasteiger charge is 2.27. The smallest absolute Gasteiger partial charge is 0.192 e. The second-order valence-corrected chi connectivity index (χ2v) is 5.17. The molecule has 18 heavy (non-hydrogen) atoms. The van der Waals surface area contributed by atoms with Gasteiger partial charge in [0.15, 0.2) is 17.3 Å². The molecule has 2 aliphatic rings. The van der Waals surface area contributed by atoms with Crippen molar-refractivity contribution in [3.63, 3.8) is 0 Å². The Morgan fingerprint density at radius 1 is 1.17 bits per heavy atom. The normalized spacial score (nSPS) is 18.8. The summed E-state index contributed by atoms with van der Waals surface area (Å²) in [5.41, 5.74) is 1.58. The van der Waals surface area contributed by atoms with E-state index in [4.69, 9.17) is 14.2 Å². The van der Waals surface area contributed by atoms with Gasteiger partial charge in [0.25, 0.3) is 0 Å². The van der Waals surface area contributed by atoms with Crippen LogP contribution in [0.2, 0.25) is 0 Å². The van der Waals surface area contributed by atoms with Gasteiger partial charge in [0.05, 0.1) is 25.4 Å². The van der Waals surface area contributed by atoms with Crippen LogP contribution < -0.4 is 9.47 Å². The van der Waals surface area contributed by atoms with E-state index in [1.54, 1.807) is 0 Å². The summed E-state index contributed by atoms with van der Waals surface area (Å²) in [6, 6.07) is 1.89. The summed E-state index contributed by atoms with van der Waals surface area (Å²) in [6.07, 6.45) is 1.53. The average Bonchev–Trinajstić information content (AvgIpc) is 2.68. The molecule has 0 bridgehead atoms. The highest BCUT2D eigenvalue weighted by atomic mass is 79.9. The van der Waals surface area contributed by atoms with Crippen molar-refractivity contribution in [2.75, 3.05) is 26.4 Å². The Balaban J connectivity index is 2.20. The van der Waals surface area contributed by atoms with Crippen molar-refractivity contribution in [3.8, 4) is 11.5 Å². The van der Waals surface area contributed by atoms with E-state index in [1.807, 2.05) is 6.07 Å². The van der Waals surface area contributed by atoms with Crippen molar-refractivity contribution in [1.82, 2.24) is 0 Å². The molecule has 5 heteroatoms. The third kappa shape index (κ3) is 2.01. The first-order chi connectivity index (χ1) is 8.77. The van der Waals surface area contributed by atoms with Gasteiger partial charge in [-0.25, -0.2) is 0 Å². The Bertz CT molecular complexity index is 498. The minimum atomic E-state index is -0.0365. The van der Waals surface area contributed by atoms with Crippen molar-refractivity contribution in [3.05, 3.63) is 21.7 Å². The molecule has 0 saturated heterocycles. The van der Waals surface area contributed by atoms with Crippen LogP contribution in [0, 0.1) is 0 Å². The van der Waals surface area contributed by atoms with Crippen LogP contribution in [0.25, 0.3) is 0 Å². The van der Waals surface area contributed by atoms with E-state index >= 15 is 0 Å². The first kappa shape index (κ1) is 12.0. The van der Waals surface area contributed by atoms with Crippen molar-refractivity contribution >= 4 is 21.7 Å². The minimum Gasteiger partial charge on any atom is -0.489 e. The highest BCUT2D eigenvalue weighted by molar-refractivity contribution is 9.10. The van der Waals surface area contributed by atoms with Crippen LogP contribution in [-0.4, -0.2) is 32.2 Å². The van der Waals surface area contributed by atoms with E-state index in [0.29, 0.717) is 43.3 Å². The van der Waals surface area contributed by atoms with Gasteiger partial charge in [0, 0.05) is 10.9 Å². The van der Waals surface area contributed by atoms with Crippen molar-refractivity contribution in [1.29, 1.82) is 0 Å². The van der Waals surface area contributed by atoms with Crippen LogP contribution in [0.15, 0.2) is 10.5 Å². The number of rotatable bonds is 0. The molecule has 2 heterocycles. The quantitative estimate of drug-likeness (QED) is 0.738. The molecule has 96 valence electrons. The second-order valence-electron chi connectivity index (χ2n) is 4.32. The van der Waals surface area contributed by atoms with Crippen molar-refractivity contribution in [2.24, 2.45) is 0 Å². The van der Waals surface area contributed by atoms with Crippen LogP contribution in [-0.2, 0) is 11.2 Å². The molecule has 1 aromatic rings. The molecule has 1 aromatic carbocycles. The number of ketones is 1. The fourth-order valence-electron chi connectivity index (χ4n) is 2.26. The van der Waals surface area contributed by atoms with E-state index in [2.05, 4.69) is 15.9 Å². The third-order valence-electron chi connectivity index (χ3n) is 3.10. The maximum Gasteiger partial charge on any atom is 0.192 e. The van der Waals surface area contributed by atoms with Gasteiger partial charge in [0.1, 0.15) is 6.61 Å². The van der Waals surface area contributed by atoms with Gasteiger partial charge in [-0.15, -0.1) is 0 Å². The van der Waals surface area contributed by atoms with Gasteiger partial charge >= 0.3 is 0 Å². The zero-order valence-electron chi connectivity index (χ0n) is 9.83. The highest BCUT2D eigenvalue weighted by Crippen LogP contribution is 2.41. The first-order valence-corrected chi connectivity index (χ1v) is 6.78. The molecule has 2 aliphatic heterocycles. The largest absolute Gasteiger partial charge is 0.489 e. The zero-order chi connectivity index (χ0) is 12.5.